The lowest BCUT2D eigenvalue weighted by atomic mass is 10.0. The first-order chi connectivity index (χ1) is 10.3. The average Bonchev–Trinajstić information content (AvgIpc) is 2.46. The molecule has 0 aliphatic rings. The third-order valence-corrected chi connectivity index (χ3v) is 3.92. The van der Waals surface area contributed by atoms with E-state index in [2.05, 4.69) is 12.2 Å². The monoisotopic (exact) mass is 299 g/mol. The van der Waals surface area contributed by atoms with Gasteiger partial charge in [0.25, 0.3) is 0 Å². The molecule has 0 atom stereocenters. The molecule has 3 heteroatoms. The first-order valence-electron chi connectivity index (χ1n) is 9.20. The Bertz CT molecular complexity index is 219. The number of unbranched alkanes of at least 4 members (excludes halogenated alkanes) is 11. The van der Waals surface area contributed by atoms with E-state index in [1.165, 1.54) is 77.2 Å². The third kappa shape index (κ3) is 19.4. The standard InChI is InChI=1S/C18H37NO2/c1-2-16-19-17-14-12-10-8-6-4-3-5-7-9-11-13-15-18(20)21/h19H,2-17H2,1H3,(H,20,21). The van der Waals surface area contributed by atoms with Crippen LogP contribution >= 0.6 is 0 Å². The Morgan fingerprint density at radius 3 is 1.57 bits per heavy atom. The SMILES string of the molecule is CCCNCCCCCCCCCCCCCCC(=O)O. The molecule has 0 aromatic rings. The highest BCUT2D eigenvalue weighted by molar-refractivity contribution is 5.66. The molecule has 0 saturated carbocycles. The summed E-state index contributed by atoms with van der Waals surface area (Å²) in [5.41, 5.74) is 0. The van der Waals surface area contributed by atoms with Gasteiger partial charge in [0, 0.05) is 6.42 Å². The molecule has 126 valence electrons. The summed E-state index contributed by atoms with van der Waals surface area (Å²) in [6.45, 7) is 4.56. The molecule has 0 aliphatic carbocycles. The van der Waals surface area contributed by atoms with Crippen LogP contribution in [-0.4, -0.2) is 24.2 Å². The fourth-order valence-corrected chi connectivity index (χ4v) is 2.60. The van der Waals surface area contributed by atoms with E-state index >= 15 is 0 Å². The van der Waals surface area contributed by atoms with Crippen molar-refractivity contribution in [3.8, 4) is 0 Å². The summed E-state index contributed by atoms with van der Waals surface area (Å²) in [5, 5.41) is 12.0. The summed E-state index contributed by atoms with van der Waals surface area (Å²) in [6, 6.07) is 0. The molecule has 0 unspecified atom stereocenters. The Labute approximate surface area is 131 Å². The first-order valence-corrected chi connectivity index (χ1v) is 9.20. The quantitative estimate of drug-likeness (QED) is 0.365. The number of nitrogens with one attached hydrogen (secondary N) is 1. The van der Waals surface area contributed by atoms with E-state index < -0.39 is 5.97 Å². The van der Waals surface area contributed by atoms with E-state index in [0.717, 1.165) is 19.4 Å². The lowest BCUT2D eigenvalue weighted by Crippen LogP contribution is -2.15. The second kappa shape index (κ2) is 17.5. The van der Waals surface area contributed by atoms with Crippen molar-refractivity contribution >= 4 is 5.97 Å². The lowest BCUT2D eigenvalue weighted by Gasteiger charge is -2.04. The minimum atomic E-state index is -0.656. The number of hydrogen-bond acceptors (Lipinski definition) is 2. The summed E-state index contributed by atoms with van der Waals surface area (Å²) < 4.78 is 0. The van der Waals surface area contributed by atoms with E-state index in [-0.39, 0.29) is 0 Å². The van der Waals surface area contributed by atoms with Crippen LogP contribution in [0.2, 0.25) is 0 Å². The van der Waals surface area contributed by atoms with Gasteiger partial charge in [-0.1, -0.05) is 71.1 Å². The van der Waals surface area contributed by atoms with Gasteiger partial charge in [-0.2, -0.15) is 0 Å². The Morgan fingerprint density at radius 1 is 0.714 bits per heavy atom. The fourth-order valence-electron chi connectivity index (χ4n) is 2.60. The second-order valence-corrected chi connectivity index (χ2v) is 6.14. The van der Waals surface area contributed by atoms with Gasteiger partial charge in [-0.05, 0) is 32.4 Å². The van der Waals surface area contributed by atoms with Gasteiger partial charge < -0.3 is 10.4 Å². The molecule has 0 aromatic carbocycles. The largest absolute Gasteiger partial charge is 0.481 e. The number of carbonyl (C=O) groups is 1. The molecule has 0 spiro atoms. The maximum absolute atomic E-state index is 10.3. The molecule has 3 nitrogen and oxygen atoms in total. The molecule has 2 N–H and O–H groups in total. The second-order valence-electron chi connectivity index (χ2n) is 6.14. The zero-order valence-corrected chi connectivity index (χ0v) is 14.2. The highest BCUT2D eigenvalue weighted by atomic mass is 16.4. The molecule has 0 amide bonds. The minimum Gasteiger partial charge on any atom is -0.481 e. The van der Waals surface area contributed by atoms with Gasteiger partial charge in [-0.15, -0.1) is 0 Å². The average molecular weight is 299 g/mol. The van der Waals surface area contributed by atoms with Crippen molar-refractivity contribution in [2.75, 3.05) is 13.1 Å². The number of rotatable bonds is 17. The molecule has 0 radical (unpaired) electrons. The summed E-state index contributed by atoms with van der Waals surface area (Å²) >= 11 is 0. The van der Waals surface area contributed by atoms with E-state index in [0.29, 0.717) is 6.42 Å². The maximum atomic E-state index is 10.3. The van der Waals surface area contributed by atoms with Crippen LogP contribution in [-0.2, 0) is 4.79 Å². The van der Waals surface area contributed by atoms with Gasteiger partial charge >= 0.3 is 5.97 Å². The van der Waals surface area contributed by atoms with Crippen LogP contribution < -0.4 is 5.32 Å². The molecular weight excluding hydrogens is 262 g/mol. The predicted octanol–water partition coefficient (Wildman–Crippen LogP) is 5.14. The Kier molecular flexibility index (Phi) is 17.0. The number of carboxylic acid groups (broad SMARTS) is 1. The zero-order chi connectivity index (χ0) is 15.6. The van der Waals surface area contributed by atoms with Gasteiger partial charge in [0.1, 0.15) is 0 Å². The Morgan fingerprint density at radius 2 is 1.14 bits per heavy atom. The Hall–Kier alpha value is -0.570. The van der Waals surface area contributed by atoms with E-state index in [4.69, 9.17) is 5.11 Å². The zero-order valence-electron chi connectivity index (χ0n) is 14.2. The normalized spacial score (nSPS) is 10.9. The molecule has 0 heterocycles. The minimum absolute atomic E-state index is 0.341. The van der Waals surface area contributed by atoms with E-state index in [9.17, 15) is 4.79 Å². The molecule has 0 aromatic heterocycles. The molecule has 0 fully saturated rings. The summed E-state index contributed by atoms with van der Waals surface area (Å²) in [4.78, 5) is 10.3. The molecular formula is C18H37NO2. The fraction of sp³-hybridized carbons (Fsp3) is 0.944. The molecule has 0 bridgehead atoms. The van der Waals surface area contributed by atoms with Crippen molar-refractivity contribution in [3.05, 3.63) is 0 Å². The Balaban J connectivity index is 2.95. The first kappa shape index (κ1) is 20.4. The summed E-state index contributed by atoms with van der Waals surface area (Å²) in [7, 11) is 0. The molecule has 0 rings (SSSR count). The summed E-state index contributed by atoms with van der Waals surface area (Å²) in [6.07, 6.45) is 16.9. The topological polar surface area (TPSA) is 49.3 Å². The number of carboxylic acids is 1. The van der Waals surface area contributed by atoms with E-state index in [1.54, 1.807) is 0 Å². The summed E-state index contributed by atoms with van der Waals surface area (Å²) in [5.74, 6) is -0.656. The van der Waals surface area contributed by atoms with Gasteiger partial charge in [0.05, 0.1) is 0 Å². The van der Waals surface area contributed by atoms with Crippen molar-refractivity contribution < 1.29 is 9.90 Å². The van der Waals surface area contributed by atoms with Crippen molar-refractivity contribution in [2.45, 2.75) is 96.8 Å². The smallest absolute Gasteiger partial charge is 0.303 e. The van der Waals surface area contributed by atoms with Crippen LogP contribution in [0.4, 0.5) is 0 Å². The molecule has 0 saturated heterocycles. The van der Waals surface area contributed by atoms with Crippen LogP contribution in [0.25, 0.3) is 0 Å². The molecule has 21 heavy (non-hydrogen) atoms. The van der Waals surface area contributed by atoms with Crippen molar-refractivity contribution in [3.63, 3.8) is 0 Å². The predicted molar refractivity (Wildman–Crippen MR) is 90.8 cm³/mol. The van der Waals surface area contributed by atoms with Crippen LogP contribution in [0.3, 0.4) is 0 Å². The third-order valence-electron chi connectivity index (χ3n) is 3.92. The highest BCUT2D eigenvalue weighted by Crippen LogP contribution is 2.12. The maximum Gasteiger partial charge on any atom is 0.303 e. The van der Waals surface area contributed by atoms with Crippen molar-refractivity contribution in [1.82, 2.24) is 5.32 Å². The molecule has 0 aliphatic heterocycles. The number of hydrogen-bond donors (Lipinski definition) is 2. The van der Waals surface area contributed by atoms with Gasteiger partial charge in [0.15, 0.2) is 0 Å². The highest BCUT2D eigenvalue weighted by Gasteiger charge is 1.97. The van der Waals surface area contributed by atoms with Crippen molar-refractivity contribution in [1.29, 1.82) is 0 Å². The van der Waals surface area contributed by atoms with Gasteiger partial charge in [-0.25, -0.2) is 0 Å². The van der Waals surface area contributed by atoms with Crippen LogP contribution in [0.1, 0.15) is 96.8 Å². The van der Waals surface area contributed by atoms with Crippen LogP contribution in [0, 0.1) is 0 Å². The van der Waals surface area contributed by atoms with Gasteiger partial charge in [-0.3, -0.25) is 4.79 Å². The van der Waals surface area contributed by atoms with Crippen LogP contribution in [0.15, 0.2) is 0 Å². The lowest BCUT2D eigenvalue weighted by molar-refractivity contribution is -0.137. The van der Waals surface area contributed by atoms with Crippen LogP contribution in [0.5, 0.6) is 0 Å². The van der Waals surface area contributed by atoms with Gasteiger partial charge in [0.2, 0.25) is 0 Å². The van der Waals surface area contributed by atoms with E-state index in [1.807, 2.05) is 0 Å². The number of aliphatic carboxylic acids is 1. The van der Waals surface area contributed by atoms with Crippen molar-refractivity contribution in [2.24, 2.45) is 0 Å².